The van der Waals surface area contributed by atoms with Crippen LogP contribution in [0, 0.1) is 5.92 Å². The highest BCUT2D eigenvalue weighted by Gasteiger charge is 2.54. The van der Waals surface area contributed by atoms with Gasteiger partial charge in [0.25, 0.3) is 0 Å². The van der Waals surface area contributed by atoms with Gasteiger partial charge < -0.3 is 24.4 Å². The third-order valence-corrected chi connectivity index (χ3v) is 5.00. The average Bonchev–Trinajstić information content (AvgIpc) is 3.08. The molecule has 1 atom stereocenters. The first-order valence-electron chi connectivity index (χ1n) is 9.43. The Morgan fingerprint density at radius 1 is 1.37 bits per heavy atom. The van der Waals surface area contributed by atoms with Gasteiger partial charge in [0.15, 0.2) is 0 Å². The Morgan fingerprint density at radius 2 is 2.03 bits per heavy atom. The number of aromatic nitrogens is 1. The molecule has 2 amide bonds. The Kier molecular flexibility index (Phi) is 8.02. The normalized spacial score (nSPS) is 19.6. The number of carbonyl (C=O) groups is 2. The Hall–Kier alpha value is -2.40. The zero-order chi connectivity index (χ0) is 22.4. The summed E-state index contributed by atoms with van der Waals surface area (Å²) in [5.41, 5.74) is 0.816. The molecule has 1 aromatic rings. The van der Waals surface area contributed by atoms with Gasteiger partial charge in [-0.2, -0.15) is 13.2 Å². The number of carbonyl (C=O) groups excluding carboxylic acids is 1. The van der Waals surface area contributed by atoms with Gasteiger partial charge in [-0.1, -0.05) is 6.07 Å². The summed E-state index contributed by atoms with van der Waals surface area (Å²) < 4.78 is 43.5. The van der Waals surface area contributed by atoms with Crippen LogP contribution >= 0.6 is 0 Å². The van der Waals surface area contributed by atoms with E-state index < -0.39 is 12.1 Å². The summed E-state index contributed by atoms with van der Waals surface area (Å²) in [5, 5.41) is 7.12. The molecule has 3 heterocycles. The van der Waals surface area contributed by atoms with E-state index in [9.17, 15) is 18.0 Å². The van der Waals surface area contributed by atoms with E-state index in [-0.39, 0.29) is 11.6 Å². The second-order valence-electron chi connectivity index (χ2n) is 7.40. The van der Waals surface area contributed by atoms with E-state index in [1.54, 1.807) is 25.2 Å². The molecule has 0 aromatic carbocycles. The number of likely N-dealkylation sites (tertiary alicyclic amines) is 1. The van der Waals surface area contributed by atoms with E-state index in [4.69, 9.17) is 19.4 Å². The highest BCUT2D eigenvalue weighted by molar-refractivity contribution is 5.75. The molecule has 0 radical (unpaired) electrons. The fourth-order valence-corrected chi connectivity index (χ4v) is 3.45. The second kappa shape index (κ2) is 10.1. The number of ether oxygens (including phenoxy) is 2. The topological polar surface area (TPSA) is 92.2 Å². The molecule has 3 rings (SSSR count). The van der Waals surface area contributed by atoms with Gasteiger partial charge >= 0.3 is 18.2 Å². The van der Waals surface area contributed by atoms with Crippen LogP contribution in [0.15, 0.2) is 24.4 Å². The molecule has 11 heteroatoms. The number of alkyl halides is 3. The highest BCUT2D eigenvalue weighted by Crippen LogP contribution is 2.41. The fraction of sp³-hybridized carbons (Fsp3) is 0.632. The molecule has 2 saturated heterocycles. The lowest BCUT2D eigenvalue weighted by atomic mass is 9.79. The number of hydrogen-bond donors (Lipinski definition) is 1. The molecular formula is C19H26F3N3O5. The van der Waals surface area contributed by atoms with Crippen LogP contribution in [0.25, 0.3) is 0 Å². The molecule has 30 heavy (non-hydrogen) atoms. The molecule has 168 valence electrons. The Bertz CT molecular complexity index is 709. The van der Waals surface area contributed by atoms with E-state index in [1.807, 2.05) is 23.1 Å². The first-order valence-corrected chi connectivity index (χ1v) is 9.43. The van der Waals surface area contributed by atoms with Gasteiger partial charge in [0.1, 0.15) is 5.60 Å². The number of aliphatic carboxylic acids is 1. The lowest BCUT2D eigenvalue weighted by Gasteiger charge is -2.50. The van der Waals surface area contributed by atoms with Crippen molar-refractivity contribution < 1.29 is 37.3 Å². The van der Waals surface area contributed by atoms with Crippen molar-refractivity contribution in [1.82, 2.24) is 14.8 Å². The van der Waals surface area contributed by atoms with Crippen molar-refractivity contribution in [3.63, 3.8) is 0 Å². The number of hydrogen-bond acceptors (Lipinski definition) is 5. The smallest absolute Gasteiger partial charge is 0.475 e. The molecule has 0 aliphatic carbocycles. The monoisotopic (exact) mass is 433 g/mol. The summed E-state index contributed by atoms with van der Waals surface area (Å²) in [7, 11) is 3.57. The zero-order valence-corrected chi connectivity index (χ0v) is 16.9. The molecule has 1 N–H and O–H groups in total. The number of nitrogens with zero attached hydrogens (tertiary/aromatic N) is 3. The summed E-state index contributed by atoms with van der Waals surface area (Å²) in [6, 6.07) is 5.91. The quantitative estimate of drug-likeness (QED) is 0.717. The van der Waals surface area contributed by atoms with E-state index in [1.165, 1.54) is 0 Å². The Labute approximate surface area is 172 Å². The number of urea groups is 1. The van der Waals surface area contributed by atoms with Crippen molar-refractivity contribution in [2.75, 3.05) is 40.4 Å². The van der Waals surface area contributed by atoms with E-state index >= 15 is 0 Å². The SMILES string of the molecule is CN(C)C(=O)N1CC2(C1)OCCC2CCOCc1ccccn1.O=C(O)C(F)(F)F. The maximum Gasteiger partial charge on any atom is 0.490 e. The third kappa shape index (κ3) is 6.30. The van der Waals surface area contributed by atoms with Gasteiger partial charge in [-0.15, -0.1) is 0 Å². The Morgan fingerprint density at radius 3 is 2.57 bits per heavy atom. The van der Waals surface area contributed by atoms with Gasteiger partial charge in [-0.05, 0) is 30.9 Å². The number of rotatable bonds is 5. The predicted molar refractivity (Wildman–Crippen MR) is 99.6 cm³/mol. The summed E-state index contributed by atoms with van der Waals surface area (Å²) in [4.78, 5) is 28.6. The molecule has 2 aliphatic heterocycles. The molecule has 0 saturated carbocycles. The minimum absolute atomic E-state index is 0.0660. The van der Waals surface area contributed by atoms with Crippen molar-refractivity contribution in [1.29, 1.82) is 0 Å². The van der Waals surface area contributed by atoms with Gasteiger partial charge in [0, 0.05) is 33.5 Å². The molecule has 8 nitrogen and oxygen atoms in total. The largest absolute Gasteiger partial charge is 0.490 e. The first-order chi connectivity index (χ1) is 14.0. The molecular weight excluding hydrogens is 407 g/mol. The van der Waals surface area contributed by atoms with Gasteiger partial charge in [0.2, 0.25) is 0 Å². The van der Waals surface area contributed by atoms with E-state index in [0.29, 0.717) is 32.2 Å². The molecule has 0 bridgehead atoms. The molecule has 2 aliphatic rings. The van der Waals surface area contributed by atoms with Crippen LogP contribution in [-0.2, 0) is 20.9 Å². The fourth-order valence-electron chi connectivity index (χ4n) is 3.45. The molecule has 1 unspecified atom stereocenters. The van der Waals surface area contributed by atoms with Crippen LogP contribution in [-0.4, -0.2) is 84.1 Å². The number of carboxylic acids is 1. The molecule has 1 spiro atoms. The minimum atomic E-state index is -5.08. The number of amides is 2. The van der Waals surface area contributed by atoms with E-state index in [2.05, 4.69) is 4.98 Å². The summed E-state index contributed by atoms with van der Waals surface area (Å²) in [6.07, 6.45) is -1.28. The zero-order valence-electron chi connectivity index (χ0n) is 16.9. The summed E-state index contributed by atoms with van der Waals surface area (Å²) in [5.74, 6) is -2.29. The lowest BCUT2D eigenvalue weighted by Crippen LogP contribution is -2.67. The molecule has 2 fully saturated rings. The van der Waals surface area contributed by atoms with Gasteiger partial charge in [0.05, 0.1) is 25.4 Å². The maximum atomic E-state index is 12.0. The number of pyridine rings is 1. The Balaban J connectivity index is 0.000000396. The van der Waals surface area contributed by atoms with Crippen LogP contribution in [0.1, 0.15) is 18.5 Å². The number of halogens is 3. The summed E-state index contributed by atoms with van der Waals surface area (Å²) >= 11 is 0. The number of carboxylic acid groups (broad SMARTS) is 1. The lowest BCUT2D eigenvalue weighted by molar-refractivity contribution is -0.192. The van der Waals surface area contributed by atoms with Crippen molar-refractivity contribution in [3.05, 3.63) is 30.1 Å². The first kappa shape index (κ1) is 23.9. The van der Waals surface area contributed by atoms with Crippen molar-refractivity contribution >= 4 is 12.0 Å². The second-order valence-corrected chi connectivity index (χ2v) is 7.40. The van der Waals surface area contributed by atoms with Crippen LogP contribution in [0.4, 0.5) is 18.0 Å². The van der Waals surface area contributed by atoms with Crippen LogP contribution in [0.5, 0.6) is 0 Å². The van der Waals surface area contributed by atoms with E-state index in [0.717, 1.165) is 25.1 Å². The van der Waals surface area contributed by atoms with Crippen LogP contribution < -0.4 is 0 Å². The maximum absolute atomic E-state index is 12.0. The average molecular weight is 433 g/mol. The molecule has 1 aromatic heterocycles. The van der Waals surface area contributed by atoms with Crippen molar-refractivity contribution in [2.45, 2.75) is 31.2 Å². The highest BCUT2D eigenvalue weighted by atomic mass is 19.4. The predicted octanol–water partition coefficient (Wildman–Crippen LogP) is 2.39. The summed E-state index contributed by atoms with van der Waals surface area (Å²) in [6.45, 7) is 3.44. The van der Waals surface area contributed by atoms with Crippen molar-refractivity contribution in [2.24, 2.45) is 5.92 Å². The van der Waals surface area contributed by atoms with Gasteiger partial charge in [-0.25, -0.2) is 9.59 Å². The third-order valence-electron chi connectivity index (χ3n) is 5.00. The minimum Gasteiger partial charge on any atom is -0.475 e. The van der Waals surface area contributed by atoms with Crippen LogP contribution in [0.3, 0.4) is 0 Å². The van der Waals surface area contributed by atoms with Crippen LogP contribution in [0.2, 0.25) is 0 Å². The standard InChI is InChI=1S/C17H25N3O3.C2HF3O2/c1-19(2)16(21)20-12-17(13-20)14(7-10-23-17)6-9-22-11-15-5-3-4-8-18-15;3-2(4,5)1(6)7/h3-5,8,14H,6-7,9-13H2,1-2H3;(H,6,7). The van der Waals surface area contributed by atoms with Crippen molar-refractivity contribution in [3.8, 4) is 0 Å². The van der Waals surface area contributed by atoms with Gasteiger partial charge in [-0.3, -0.25) is 4.98 Å².